The first kappa shape index (κ1) is 31.1. The van der Waals surface area contributed by atoms with Crippen molar-refractivity contribution in [1.29, 1.82) is 0 Å². The molecule has 0 atom stereocenters. The molecule has 0 radical (unpaired) electrons. The molecule has 0 saturated carbocycles. The van der Waals surface area contributed by atoms with Crippen LogP contribution in [0.2, 0.25) is 0 Å². The number of anilines is 3. The van der Waals surface area contributed by atoms with E-state index in [1.165, 1.54) is 5.56 Å². The van der Waals surface area contributed by atoms with Gasteiger partial charge in [-0.15, -0.1) is 0 Å². The number of hydrogen-bond donors (Lipinski definition) is 0. The van der Waals surface area contributed by atoms with Crippen molar-refractivity contribution in [3.8, 4) is 33.7 Å². The van der Waals surface area contributed by atoms with E-state index >= 15 is 0 Å². The van der Waals surface area contributed by atoms with Gasteiger partial charge >= 0.3 is 0 Å². The minimum Gasteiger partial charge on any atom is -0.456 e. The molecule has 0 unspecified atom stereocenters. The zero-order chi connectivity index (χ0) is 36.3. The molecule has 0 N–H and O–H groups in total. The molecule has 4 heteroatoms. The monoisotopic (exact) mass is 704 g/mol. The van der Waals surface area contributed by atoms with Gasteiger partial charge < -0.3 is 13.7 Å². The molecule has 0 saturated heterocycles. The van der Waals surface area contributed by atoms with Crippen LogP contribution in [-0.4, -0.2) is 4.98 Å². The van der Waals surface area contributed by atoms with Gasteiger partial charge in [0.25, 0.3) is 0 Å². The van der Waals surface area contributed by atoms with E-state index in [1.54, 1.807) is 0 Å². The van der Waals surface area contributed by atoms with Gasteiger partial charge in [0.2, 0.25) is 5.89 Å². The van der Waals surface area contributed by atoms with Gasteiger partial charge in [0.1, 0.15) is 16.7 Å². The first-order valence-electron chi connectivity index (χ1n) is 18.5. The molecule has 2 heterocycles. The fourth-order valence-electron chi connectivity index (χ4n) is 7.96. The molecule has 0 aliphatic rings. The maximum absolute atomic E-state index is 6.58. The van der Waals surface area contributed by atoms with Crippen molar-refractivity contribution >= 4 is 71.6 Å². The largest absolute Gasteiger partial charge is 0.456 e. The molecule has 11 rings (SSSR count). The standard InChI is InChI=1S/C51H32N2O2/c1-3-10-33(11-4-1)38-14-9-15-41(30-38)53(40-25-20-34(21-26-40)39-23-28-44-43-16-7-8-17-47(43)54-48(44)31-39)42-27-22-35-18-19-36-24-29-46-50(49(36)45(35)32-42)55-51(52-46)37-12-5-2-6-13-37/h1-32H. The van der Waals surface area contributed by atoms with Gasteiger partial charge in [-0.1, -0.05) is 121 Å². The van der Waals surface area contributed by atoms with E-state index in [-0.39, 0.29) is 0 Å². The molecule has 258 valence electrons. The molecule has 4 nitrogen and oxygen atoms in total. The van der Waals surface area contributed by atoms with Crippen LogP contribution in [0, 0.1) is 0 Å². The number of aromatic nitrogens is 1. The Morgan fingerprint density at radius 3 is 1.84 bits per heavy atom. The Morgan fingerprint density at radius 1 is 0.364 bits per heavy atom. The first-order valence-corrected chi connectivity index (χ1v) is 18.5. The van der Waals surface area contributed by atoms with Crippen molar-refractivity contribution in [2.24, 2.45) is 0 Å². The molecule has 55 heavy (non-hydrogen) atoms. The van der Waals surface area contributed by atoms with Crippen LogP contribution in [0.25, 0.3) is 88.3 Å². The maximum Gasteiger partial charge on any atom is 0.227 e. The topological polar surface area (TPSA) is 42.4 Å². The molecule has 0 amide bonds. The average Bonchev–Trinajstić information content (AvgIpc) is 3.86. The van der Waals surface area contributed by atoms with Crippen molar-refractivity contribution in [1.82, 2.24) is 4.98 Å². The Balaban J connectivity index is 1.07. The predicted molar refractivity (Wildman–Crippen MR) is 227 cm³/mol. The summed E-state index contributed by atoms with van der Waals surface area (Å²) in [7, 11) is 0. The second-order valence-electron chi connectivity index (χ2n) is 14.0. The van der Waals surface area contributed by atoms with Crippen molar-refractivity contribution in [2.75, 3.05) is 4.90 Å². The SMILES string of the molecule is c1ccc(-c2cccc(N(c3ccc(-c4ccc5c(c4)oc4ccccc45)cc3)c3ccc4ccc5ccc6nc(-c7ccccc7)oc6c5c4c3)c2)cc1. The van der Waals surface area contributed by atoms with E-state index in [4.69, 9.17) is 13.8 Å². The normalized spacial score (nSPS) is 11.6. The van der Waals surface area contributed by atoms with Crippen LogP contribution in [0.4, 0.5) is 17.1 Å². The van der Waals surface area contributed by atoms with Crippen LogP contribution in [0.15, 0.2) is 203 Å². The Labute approximate surface area is 317 Å². The Bertz CT molecular complexity index is 3200. The molecule has 0 spiro atoms. The lowest BCUT2D eigenvalue weighted by molar-refractivity contribution is 0.623. The molecule has 0 fully saturated rings. The fraction of sp³-hybridized carbons (Fsp3) is 0. The van der Waals surface area contributed by atoms with Crippen molar-refractivity contribution in [3.05, 3.63) is 194 Å². The lowest BCUT2D eigenvalue weighted by Crippen LogP contribution is -2.10. The summed E-state index contributed by atoms with van der Waals surface area (Å²) in [5.41, 5.74) is 12.1. The van der Waals surface area contributed by atoms with Crippen LogP contribution >= 0.6 is 0 Å². The average molecular weight is 705 g/mol. The number of para-hydroxylation sites is 1. The number of oxazole rings is 1. The highest BCUT2D eigenvalue weighted by molar-refractivity contribution is 6.18. The van der Waals surface area contributed by atoms with Gasteiger partial charge in [-0.25, -0.2) is 4.98 Å². The lowest BCUT2D eigenvalue weighted by atomic mass is 9.99. The smallest absolute Gasteiger partial charge is 0.227 e. The summed E-state index contributed by atoms with van der Waals surface area (Å²) in [6.45, 7) is 0. The molecule has 11 aromatic rings. The van der Waals surface area contributed by atoms with E-state index in [9.17, 15) is 0 Å². The van der Waals surface area contributed by atoms with E-state index in [0.717, 1.165) is 93.9 Å². The molecule has 0 aliphatic heterocycles. The Hall–Kier alpha value is -7.43. The third-order valence-electron chi connectivity index (χ3n) is 10.7. The van der Waals surface area contributed by atoms with E-state index in [2.05, 4.69) is 157 Å². The third kappa shape index (κ3) is 5.34. The molecular weight excluding hydrogens is 673 g/mol. The minimum absolute atomic E-state index is 0.621. The van der Waals surface area contributed by atoms with E-state index in [0.29, 0.717) is 5.89 Å². The second-order valence-corrected chi connectivity index (χ2v) is 14.0. The van der Waals surface area contributed by atoms with Gasteiger partial charge in [-0.05, 0) is 111 Å². The summed E-state index contributed by atoms with van der Waals surface area (Å²) in [6, 6.07) is 68.2. The highest BCUT2D eigenvalue weighted by Crippen LogP contribution is 2.42. The zero-order valence-corrected chi connectivity index (χ0v) is 29.7. The summed E-state index contributed by atoms with van der Waals surface area (Å²) < 4.78 is 12.8. The zero-order valence-electron chi connectivity index (χ0n) is 29.7. The summed E-state index contributed by atoms with van der Waals surface area (Å²) >= 11 is 0. The van der Waals surface area contributed by atoms with Crippen molar-refractivity contribution in [2.45, 2.75) is 0 Å². The predicted octanol–water partition coefficient (Wildman–Crippen LogP) is 14.5. The van der Waals surface area contributed by atoms with Crippen LogP contribution in [-0.2, 0) is 0 Å². The third-order valence-corrected chi connectivity index (χ3v) is 10.7. The number of fused-ring (bicyclic) bond motifs is 8. The maximum atomic E-state index is 6.58. The van der Waals surface area contributed by atoms with Crippen molar-refractivity contribution in [3.63, 3.8) is 0 Å². The highest BCUT2D eigenvalue weighted by Gasteiger charge is 2.18. The van der Waals surface area contributed by atoms with Crippen LogP contribution in [0.1, 0.15) is 0 Å². The number of benzene rings is 9. The lowest BCUT2D eigenvalue weighted by Gasteiger charge is -2.27. The summed E-state index contributed by atoms with van der Waals surface area (Å²) in [4.78, 5) is 7.25. The number of nitrogens with zero attached hydrogens (tertiary/aromatic N) is 2. The van der Waals surface area contributed by atoms with Crippen LogP contribution < -0.4 is 4.90 Å². The summed E-state index contributed by atoms with van der Waals surface area (Å²) in [5.74, 6) is 0.621. The number of furan rings is 1. The fourth-order valence-corrected chi connectivity index (χ4v) is 7.96. The summed E-state index contributed by atoms with van der Waals surface area (Å²) in [5, 5.41) is 6.67. The minimum atomic E-state index is 0.621. The first-order chi connectivity index (χ1) is 27.2. The molecular formula is C51H32N2O2. The van der Waals surface area contributed by atoms with Gasteiger partial charge in [0.15, 0.2) is 5.58 Å². The van der Waals surface area contributed by atoms with Gasteiger partial charge in [-0.3, -0.25) is 0 Å². The Morgan fingerprint density at radius 2 is 0.982 bits per heavy atom. The van der Waals surface area contributed by atoms with Gasteiger partial charge in [0, 0.05) is 38.8 Å². The quantitative estimate of drug-likeness (QED) is 0.162. The molecule has 0 aliphatic carbocycles. The van der Waals surface area contributed by atoms with Gasteiger partial charge in [-0.2, -0.15) is 0 Å². The highest BCUT2D eigenvalue weighted by atomic mass is 16.3. The van der Waals surface area contributed by atoms with E-state index < -0.39 is 0 Å². The molecule has 9 aromatic carbocycles. The van der Waals surface area contributed by atoms with E-state index in [1.807, 2.05) is 42.5 Å². The molecule has 2 aromatic heterocycles. The van der Waals surface area contributed by atoms with Crippen LogP contribution in [0.3, 0.4) is 0 Å². The summed E-state index contributed by atoms with van der Waals surface area (Å²) in [6.07, 6.45) is 0. The van der Waals surface area contributed by atoms with Crippen LogP contribution in [0.5, 0.6) is 0 Å². The number of rotatable bonds is 6. The molecule has 0 bridgehead atoms. The second kappa shape index (κ2) is 12.6. The Kier molecular flexibility index (Phi) is 7.14. The number of hydrogen-bond acceptors (Lipinski definition) is 4. The van der Waals surface area contributed by atoms with Gasteiger partial charge in [0.05, 0.1) is 0 Å². The van der Waals surface area contributed by atoms with Crippen molar-refractivity contribution < 1.29 is 8.83 Å².